The van der Waals surface area contributed by atoms with E-state index in [2.05, 4.69) is 11.8 Å². The average Bonchev–Trinajstić information content (AvgIpc) is 2.95. The average molecular weight is 290 g/mol. The van der Waals surface area contributed by atoms with Crippen molar-refractivity contribution in [3.05, 3.63) is 0 Å². The fourth-order valence-electron chi connectivity index (χ4n) is 1.96. The van der Waals surface area contributed by atoms with Crippen molar-refractivity contribution in [1.82, 2.24) is 0 Å². The van der Waals surface area contributed by atoms with Gasteiger partial charge in [0.05, 0.1) is 0 Å². The molecule has 4 heteroatoms. The van der Waals surface area contributed by atoms with E-state index in [0.717, 1.165) is 32.1 Å². The molecule has 0 aromatic carbocycles. The van der Waals surface area contributed by atoms with E-state index in [4.69, 9.17) is 10.2 Å². The van der Waals surface area contributed by atoms with Gasteiger partial charge in [-0.05, 0) is 37.2 Å². The number of aliphatic carboxylic acids is 1. The molecule has 0 aliphatic carbocycles. The van der Waals surface area contributed by atoms with Crippen LogP contribution in [-0.2, 0) is 4.79 Å². The summed E-state index contributed by atoms with van der Waals surface area (Å²) in [6, 6.07) is 0. The molecule has 1 heterocycles. The van der Waals surface area contributed by atoms with Gasteiger partial charge in [0, 0.05) is 13.0 Å². The lowest BCUT2D eigenvalue weighted by molar-refractivity contribution is -0.137. The maximum absolute atomic E-state index is 10.2. The molecule has 2 N–H and O–H groups in total. The van der Waals surface area contributed by atoms with Gasteiger partial charge in [-0.2, -0.15) is 11.8 Å². The number of hydrogen-bond acceptors (Lipinski definition) is 3. The zero-order valence-corrected chi connectivity index (χ0v) is 12.9. The fourth-order valence-corrected chi connectivity index (χ4v) is 2.98. The van der Waals surface area contributed by atoms with Gasteiger partial charge in [0.2, 0.25) is 0 Å². The summed E-state index contributed by atoms with van der Waals surface area (Å²) in [4.78, 5) is 10.2. The van der Waals surface area contributed by atoms with Crippen LogP contribution in [0.5, 0.6) is 0 Å². The van der Waals surface area contributed by atoms with Crippen LogP contribution in [0.1, 0.15) is 70.6 Å². The first-order valence-electron chi connectivity index (χ1n) is 7.67. The van der Waals surface area contributed by atoms with Gasteiger partial charge in [-0.1, -0.05) is 38.5 Å². The standard InChI is InChI=1S/C11H22O3.C4H8S/c12-10-8-6-4-2-1-3-5-7-9-11(13)14;1-2-4-5-3-1/h12H,1-10H2,(H,13,14);1-4H2. The molecular weight excluding hydrogens is 260 g/mol. The van der Waals surface area contributed by atoms with Crippen LogP contribution in [0.4, 0.5) is 0 Å². The largest absolute Gasteiger partial charge is 0.481 e. The number of hydrogen-bond donors (Lipinski definition) is 2. The molecule has 0 bridgehead atoms. The van der Waals surface area contributed by atoms with Crippen molar-refractivity contribution in [2.45, 2.75) is 70.6 Å². The first kappa shape index (κ1) is 18.8. The lowest BCUT2D eigenvalue weighted by Crippen LogP contribution is -1.93. The van der Waals surface area contributed by atoms with Crippen LogP contribution in [-0.4, -0.2) is 34.3 Å². The van der Waals surface area contributed by atoms with E-state index in [1.54, 1.807) is 0 Å². The van der Waals surface area contributed by atoms with Crippen molar-refractivity contribution in [2.24, 2.45) is 0 Å². The predicted molar refractivity (Wildman–Crippen MR) is 82.8 cm³/mol. The summed E-state index contributed by atoms with van der Waals surface area (Å²) in [5.74, 6) is 2.15. The summed E-state index contributed by atoms with van der Waals surface area (Å²) in [6.07, 6.45) is 11.9. The lowest BCUT2D eigenvalue weighted by atomic mass is 10.1. The number of carboxylic acids is 1. The Labute approximate surface area is 122 Å². The van der Waals surface area contributed by atoms with Crippen molar-refractivity contribution in [3.8, 4) is 0 Å². The highest BCUT2D eigenvalue weighted by Gasteiger charge is 1.96. The molecule has 0 amide bonds. The zero-order chi connectivity index (χ0) is 14.2. The van der Waals surface area contributed by atoms with Crippen LogP contribution in [0.25, 0.3) is 0 Å². The van der Waals surface area contributed by atoms with Crippen LogP contribution in [0.3, 0.4) is 0 Å². The Hall–Kier alpha value is -0.220. The van der Waals surface area contributed by atoms with E-state index in [-0.39, 0.29) is 0 Å². The molecule has 0 aromatic heterocycles. The third-order valence-electron chi connectivity index (χ3n) is 3.13. The summed E-state index contributed by atoms with van der Waals surface area (Å²) < 4.78 is 0. The number of carboxylic acid groups (broad SMARTS) is 1. The van der Waals surface area contributed by atoms with Crippen LogP contribution in [0, 0.1) is 0 Å². The second-order valence-corrected chi connectivity index (χ2v) is 6.24. The second-order valence-electron chi connectivity index (χ2n) is 5.02. The van der Waals surface area contributed by atoms with Gasteiger partial charge in [-0.3, -0.25) is 4.79 Å². The summed E-state index contributed by atoms with van der Waals surface area (Å²) in [5, 5.41) is 16.9. The van der Waals surface area contributed by atoms with E-state index in [9.17, 15) is 4.79 Å². The molecule has 3 nitrogen and oxygen atoms in total. The minimum absolute atomic E-state index is 0.304. The van der Waals surface area contributed by atoms with Crippen LogP contribution < -0.4 is 0 Å². The molecule has 1 rings (SSSR count). The summed E-state index contributed by atoms with van der Waals surface area (Å²) >= 11 is 2.07. The van der Waals surface area contributed by atoms with Gasteiger partial charge in [-0.25, -0.2) is 0 Å². The van der Waals surface area contributed by atoms with Crippen molar-refractivity contribution >= 4 is 17.7 Å². The number of aliphatic hydroxyl groups is 1. The van der Waals surface area contributed by atoms with E-state index in [0.29, 0.717) is 13.0 Å². The Morgan fingerprint density at radius 2 is 1.32 bits per heavy atom. The Morgan fingerprint density at radius 1 is 0.842 bits per heavy atom. The van der Waals surface area contributed by atoms with Crippen LogP contribution >= 0.6 is 11.8 Å². The van der Waals surface area contributed by atoms with Gasteiger partial charge < -0.3 is 10.2 Å². The molecule has 1 saturated heterocycles. The maximum Gasteiger partial charge on any atom is 0.303 e. The first-order chi connectivity index (χ1) is 9.27. The predicted octanol–water partition coefficient (Wildman–Crippen LogP) is 4.09. The van der Waals surface area contributed by atoms with Crippen LogP contribution in [0.2, 0.25) is 0 Å². The molecule has 0 saturated carbocycles. The van der Waals surface area contributed by atoms with Crippen molar-refractivity contribution < 1.29 is 15.0 Å². The number of aliphatic hydroxyl groups excluding tert-OH is 1. The maximum atomic E-state index is 10.2. The molecule has 0 aromatic rings. The Balaban J connectivity index is 0.000000532. The summed E-state index contributed by atoms with van der Waals surface area (Å²) in [5.41, 5.74) is 0. The summed E-state index contributed by atoms with van der Waals surface area (Å²) in [6.45, 7) is 0.304. The lowest BCUT2D eigenvalue weighted by Gasteiger charge is -2.00. The van der Waals surface area contributed by atoms with Crippen molar-refractivity contribution in [1.29, 1.82) is 0 Å². The van der Waals surface area contributed by atoms with Crippen molar-refractivity contribution in [3.63, 3.8) is 0 Å². The quantitative estimate of drug-likeness (QED) is 0.595. The smallest absolute Gasteiger partial charge is 0.303 e. The number of thioether (sulfide) groups is 1. The first-order valence-corrected chi connectivity index (χ1v) is 8.83. The topological polar surface area (TPSA) is 57.5 Å². The highest BCUT2D eigenvalue weighted by atomic mass is 32.2. The normalized spacial score (nSPS) is 13.9. The Kier molecular flexibility index (Phi) is 15.7. The second kappa shape index (κ2) is 15.8. The summed E-state index contributed by atoms with van der Waals surface area (Å²) in [7, 11) is 0. The highest BCUT2D eigenvalue weighted by Crippen LogP contribution is 2.14. The Morgan fingerprint density at radius 3 is 1.68 bits per heavy atom. The van der Waals surface area contributed by atoms with Crippen LogP contribution in [0.15, 0.2) is 0 Å². The van der Waals surface area contributed by atoms with E-state index in [1.807, 2.05) is 0 Å². The van der Waals surface area contributed by atoms with Gasteiger partial charge >= 0.3 is 5.97 Å². The van der Waals surface area contributed by atoms with E-state index >= 15 is 0 Å². The molecule has 1 fully saturated rings. The minimum Gasteiger partial charge on any atom is -0.481 e. The molecular formula is C15H30O3S. The molecule has 0 radical (unpaired) electrons. The fraction of sp³-hybridized carbons (Fsp3) is 0.933. The SMILES string of the molecule is C1CCSC1.O=C(O)CCCCCCCCCCO. The number of rotatable bonds is 10. The molecule has 114 valence electrons. The number of carbonyl (C=O) groups is 1. The number of unbranched alkanes of at least 4 members (excludes halogenated alkanes) is 7. The monoisotopic (exact) mass is 290 g/mol. The van der Waals surface area contributed by atoms with Gasteiger partial charge in [0.15, 0.2) is 0 Å². The van der Waals surface area contributed by atoms with Gasteiger partial charge in [-0.15, -0.1) is 0 Å². The molecule has 0 atom stereocenters. The molecule has 1 aliphatic rings. The highest BCUT2D eigenvalue weighted by molar-refractivity contribution is 7.99. The molecule has 19 heavy (non-hydrogen) atoms. The molecule has 1 aliphatic heterocycles. The molecule has 0 spiro atoms. The van der Waals surface area contributed by atoms with E-state index in [1.165, 1.54) is 43.6 Å². The molecule has 0 unspecified atom stereocenters. The third-order valence-corrected chi connectivity index (χ3v) is 4.28. The minimum atomic E-state index is -0.687. The van der Waals surface area contributed by atoms with Crippen molar-refractivity contribution in [2.75, 3.05) is 18.1 Å². The Bertz CT molecular complexity index is 186. The van der Waals surface area contributed by atoms with Gasteiger partial charge in [0.1, 0.15) is 0 Å². The third kappa shape index (κ3) is 17.8. The van der Waals surface area contributed by atoms with E-state index < -0.39 is 5.97 Å². The van der Waals surface area contributed by atoms with Gasteiger partial charge in [0.25, 0.3) is 0 Å². The zero-order valence-electron chi connectivity index (χ0n) is 12.1.